The van der Waals surface area contributed by atoms with Crippen molar-refractivity contribution in [2.24, 2.45) is 0 Å². The Hall–Kier alpha value is -2.65. The number of nitriles is 1. The number of halogens is 1. The standard InChI is InChI=1S/C12H6ClN3O3/c13-9-3-4-10(16(17)18)11(6-9)19-12-8(7-14)2-1-5-15-12/h1-6H. The van der Waals surface area contributed by atoms with E-state index in [9.17, 15) is 10.1 Å². The normalized spacial score (nSPS) is 9.68. The lowest BCUT2D eigenvalue weighted by Gasteiger charge is -2.06. The number of hydrogen-bond acceptors (Lipinski definition) is 5. The van der Waals surface area contributed by atoms with Gasteiger partial charge in [-0.1, -0.05) is 11.6 Å². The highest BCUT2D eigenvalue weighted by Crippen LogP contribution is 2.33. The van der Waals surface area contributed by atoms with Crippen LogP contribution >= 0.6 is 11.6 Å². The molecule has 0 aliphatic heterocycles. The maximum Gasteiger partial charge on any atom is 0.311 e. The summed E-state index contributed by atoms with van der Waals surface area (Å²) in [5.74, 6) is -0.0666. The van der Waals surface area contributed by atoms with Gasteiger partial charge < -0.3 is 4.74 Å². The molecule has 1 heterocycles. The summed E-state index contributed by atoms with van der Waals surface area (Å²) in [5, 5.41) is 20.1. The summed E-state index contributed by atoms with van der Waals surface area (Å²) in [5.41, 5.74) is -0.0734. The van der Waals surface area contributed by atoms with Gasteiger partial charge in [-0.15, -0.1) is 0 Å². The van der Waals surface area contributed by atoms with Crippen LogP contribution in [-0.4, -0.2) is 9.91 Å². The molecule has 0 aliphatic carbocycles. The Morgan fingerprint density at radius 1 is 1.42 bits per heavy atom. The summed E-state index contributed by atoms with van der Waals surface area (Å²) in [6.45, 7) is 0. The van der Waals surface area contributed by atoms with E-state index in [1.807, 2.05) is 6.07 Å². The van der Waals surface area contributed by atoms with Gasteiger partial charge >= 0.3 is 5.69 Å². The molecule has 2 rings (SSSR count). The van der Waals surface area contributed by atoms with Gasteiger partial charge in [0.1, 0.15) is 11.6 Å². The van der Waals surface area contributed by atoms with Gasteiger partial charge in [-0.05, 0) is 18.2 Å². The minimum atomic E-state index is -0.597. The van der Waals surface area contributed by atoms with Gasteiger partial charge in [-0.3, -0.25) is 10.1 Å². The Bertz CT molecular complexity index is 682. The topological polar surface area (TPSA) is 89.0 Å². The number of rotatable bonds is 3. The third-order valence-electron chi connectivity index (χ3n) is 2.22. The van der Waals surface area contributed by atoms with Crippen LogP contribution in [0.2, 0.25) is 5.02 Å². The van der Waals surface area contributed by atoms with Crippen LogP contribution in [0.15, 0.2) is 36.5 Å². The molecule has 0 amide bonds. The second kappa shape index (κ2) is 5.33. The van der Waals surface area contributed by atoms with E-state index in [2.05, 4.69) is 4.98 Å². The van der Waals surface area contributed by atoms with Crippen molar-refractivity contribution in [2.45, 2.75) is 0 Å². The van der Waals surface area contributed by atoms with Crippen molar-refractivity contribution in [2.75, 3.05) is 0 Å². The van der Waals surface area contributed by atoms with E-state index < -0.39 is 4.92 Å². The van der Waals surface area contributed by atoms with Crippen LogP contribution in [-0.2, 0) is 0 Å². The summed E-state index contributed by atoms with van der Waals surface area (Å²) in [7, 11) is 0. The van der Waals surface area contributed by atoms with E-state index in [-0.39, 0.29) is 27.9 Å². The molecule has 7 heteroatoms. The third-order valence-corrected chi connectivity index (χ3v) is 2.45. The second-order valence-electron chi connectivity index (χ2n) is 3.44. The van der Waals surface area contributed by atoms with Crippen molar-refractivity contribution >= 4 is 17.3 Å². The molecule has 0 radical (unpaired) electrons. The quantitative estimate of drug-likeness (QED) is 0.633. The smallest absolute Gasteiger partial charge is 0.311 e. The van der Waals surface area contributed by atoms with Crippen molar-refractivity contribution in [1.82, 2.24) is 4.98 Å². The fraction of sp³-hybridized carbons (Fsp3) is 0. The average molecular weight is 276 g/mol. The highest BCUT2D eigenvalue weighted by molar-refractivity contribution is 6.30. The first kappa shape index (κ1) is 12.8. The molecular weight excluding hydrogens is 270 g/mol. The van der Waals surface area contributed by atoms with Crippen LogP contribution in [0, 0.1) is 21.4 Å². The molecule has 19 heavy (non-hydrogen) atoms. The van der Waals surface area contributed by atoms with Crippen LogP contribution < -0.4 is 4.74 Å². The maximum atomic E-state index is 10.9. The molecule has 0 saturated heterocycles. The minimum Gasteiger partial charge on any atom is -0.430 e. The fourth-order valence-corrected chi connectivity index (χ4v) is 1.54. The number of aromatic nitrogens is 1. The van der Waals surface area contributed by atoms with Crippen molar-refractivity contribution in [3.63, 3.8) is 0 Å². The molecule has 94 valence electrons. The zero-order valence-corrected chi connectivity index (χ0v) is 10.2. The Labute approximate surface area is 113 Å². The van der Waals surface area contributed by atoms with Crippen molar-refractivity contribution in [3.05, 3.63) is 57.2 Å². The molecule has 0 aliphatic rings. The average Bonchev–Trinajstić information content (AvgIpc) is 2.39. The SMILES string of the molecule is N#Cc1cccnc1Oc1cc(Cl)ccc1[N+](=O)[O-]. The molecule has 6 nitrogen and oxygen atoms in total. The molecule has 0 spiro atoms. The molecule has 0 unspecified atom stereocenters. The first-order valence-corrected chi connectivity index (χ1v) is 5.46. The van der Waals surface area contributed by atoms with Crippen LogP contribution in [0.25, 0.3) is 0 Å². The van der Waals surface area contributed by atoms with Crippen molar-refractivity contribution in [1.29, 1.82) is 5.26 Å². The minimum absolute atomic E-state index is 0.00429. The molecule has 0 N–H and O–H groups in total. The number of benzene rings is 1. The van der Waals surface area contributed by atoms with E-state index in [4.69, 9.17) is 21.6 Å². The highest BCUT2D eigenvalue weighted by Gasteiger charge is 2.17. The second-order valence-corrected chi connectivity index (χ2v) is 3.88. The molecule has 1 aromatic carbocycles. The van der Waals surface area contributed by atoms with E-state index in [0.29, 0.717) is 0 Å². The van der Waals surface area contributed by atoms with E-state index >= 15 is 0 Å². The van der Waals surface area contributed by atoms with E-state index in [1.54, 1.807) is 6.07 Å². The number of hydrogen-bond donors (Lipinski definition) is 0. The summed E-state index contributed by atoms with van der Waals surface area (Å²) in [6, 6.07) is 8.87. The number of pyridine rings is 1. The van der Waals surface area contributed by atoms with Crippen LogP contribution in [0.1, 0.15) is 5.56 Å². The molecule has 2 aromatic rings. The monoisotopic (exact) mass is 275 g/mol. The summed E-state index contributed by atoms with van der Waals surface area (Å²) < 4.78 is 5.31. The zero-order valence-electron chi connectivity index (χ0n) is 9.41. The van der Waals surface area contributed by atoms with Crippen LogP contribution in [0.4, 0.5) is 5.69 Å². The number of nitro groups is 1. The number of nitro benzene ring substituents is 1. The first-order chi connectivity index (χ1) is 9.11. The molecule has 1 aromatic heterocycles. The van der Waals surface area contributed by atoms with Gasteiger partial charge in [0.25, 0.3) is 0 Å². The fourth-order valence-electron chi connectivity index (χ4n) is 1.38. The summed E-state index contributed by atoms with van der Waals surface area (Å²) in [6.07, 6.45) is 1.42. The molecule has 0 atom stereocenters. The van der Waals surface area contributed by atoms with Crippen molar-refractivity contribution < 1.29 is 9.66 Å². The largest absolute Gasteiger partial charge is 0.430 e. The summed E-state index contributed by atoms with van der Waals surface area (Å²) in [4.78, 5) is 14.1. The van der Waals surface area contributed by atoms with Gasteiger partial charge in [-0.2, -0.15) is 5.26 Å². The van der Waals surface area contributed by atoms with Gasteiger partial charge in [0, 0.05) is 23.4 Å². The van der Waals surface area contributed by atoms with E-state index in [1.165, 1.54) is 30.5 Å². The van der Waals surface area contributed by atoms with E-state index in [0.717, 1.165) is 0 Å². The Morgan fingerprint density at radius 3 is 2.89 bits per heavy atom. The Kier molecular flexibility index (Phi) is 3.59. The zero-order chi connectivity index (χ0) is 13.8. The van der Waals surface area contributed by atoms with Crippen molar-refractivity contribution in [3.8, 4) is 17.7 Å². The molecule has 0 bridgehead atoms. The lowest BCUT2D eigenvalue weighted by atomic mass is 10.3. The van der Waals surface area contributed by atoms with Gasteiger partial charge in [0.05, 0.1) is 4.92 Å². The Balaban J connectivity index is 2.46. The molecule has 0 fully saturated rings. The maximum absolute atomic E-state index is 10.9. The van der Waals surface area contributed by atoms with Crippen LogP contribution in [0.5, 0.6) is 11.6 Å². The highest BCUT2D eigenvalue weighted by atomic mass is 35.5. The van der Waals surface area contributed by atoms with Crippen LogP contribution in [0.3, 0.4) is 0 Å². The lowest BCUT2D eigenvalue weighted by Crippen LogP contribution is -1.96. The lowest BCUT2D eigenvalue weighted by molar-refractivity contribution is -0.385. The third kappa shape index (κ3) is 2.78. The predicted molar refractivity (Wildman–Crippen MR) is 67.1 cm³/mol. The van der Waals surface area contributed by atoms with Gasteiger partial charge in [-0.25, -0.2) is 4.98 Å². The Morgan fingerprint density at radius 2 is 2.21 bits per heavy atom. The first-order valence-electron chi connectivity index (χ1n) is 5.08. The number of ether oxygens (including phenoxy) is 1. The number of nitrogens with zero attached hydrogens (tertiary/aromatic N) is 3. The summed E-state index contributed by atoms with van der Waals surface area (Å²) >= 11 is 5.77. The van der Waals surface area contributed by atoms with Gasteiger partial charge in [0.2, 0.25) is 11.6 Å². The predicted octanol–water partition coefficient (Wildman–Crippen LogP) is 3.31. The van der Waals surface area contributed by atoms with Gasteiger partial charge in [0.15, 0.2) is 0 Å². The molecular formula is C12H6ClN3O3. The molecule has 0 saturated carbocycles.